The van der Waals surface area contributed by atoms with Crippen molar-refractivity contribution in [2.24, 2.45) is 0 Å². The van der Waals surface area contributed by atoms with Crippen molar-refractivity contribution in [1.29, 1.82) is 5.26 Å². The van der Waals surface area contributed by atoms with E-state index in [4.69, 9.17) is 22.6 Å². The number of hydrogen-bond acceptors (Lipinski definition) is 3. The molecular formula is C16H12ClN3O. The smallest absolute Gasteiger partial charge is 0.248 e. The molecule has 3 N–H and O–H groups in total. The van der Waals surface area contributed by atoms with Crippen LogP contribution >= 0.6 is 11.6 Å². The lowest BCUT2D eigenvalue weighted by Crippen LogP contribution is -2.08. The quantitative estimate of drug-likeness (QED) is 0.673. The minimum atomic E-state index is -0.339. The lowest BCUT2D eigenvalue weighted by atomic mass is 10.2. The van der Waals surface area contributed by atoms with E-state index in [1.54, 1.807) is 36.4 Å². The summed E-state index contributed by atoms with van der Waals surface area (Å²) in [6, 6.07) is 13.8. The molecule has 0 unspecified atom stereocenters. The van der Waals surface area contributed by atoms with E-state index in [2.05, 4.69) is 5.32 Å². The average Bonchev–Trinajstić information content (AvgIpc) is 2.47. The van der Waals surface area contributed by atoms with Gasteiger partial charge >= 0.3 is 0 Å². The van der Waals surface area contributed by atoms with E-state index in [9.17, 15) is 4.79 Å². The highest BCUT2D eigenvalue weighted by atomic mass is 35.5. The van der Waals surface area contributed by atoms with Gasteiger partial charge in [-0.2, -0.15) is 5.26 Å². The van der Waals surface area contributed by atoms with Crippen LogP contribution in [0.2, 0.25) is 5.02 Å². The van der Waals surface area contributed by atoms with Gasteiger partial charge in [0.25, 0.3) is 0 Å². The number of nitriles is 1. The zero-order valence-electron chi connectivity index (χ0n) is 11.0. The normalized spacial score (nSPS) is 10.3. The predicted molar refractivity (Wildman–Crippen MR) is 84.7 cm³/mol. The fraction of sp³-hybridized carbons (Fsp3) is 0. The zero-order valence-corrected chi connectivity index (χ0v) is 11.8. The highest BCUT2D eigenvalue weighted by molar-refractivity contribution is 6.33. The Hall–Kier alpha value is -2.77. The number of nitrogens with zero attached hydrogens (tertiary/aromatic N) is 1. The van der Waals surface area contributed by atoms with E-state index >= 15 is 0 Å². The molecule has 21 heavy (non-hydrogen) atoms. The van der Waals surface area contributed by atoms with Crippen LogP contribution in [0.1, 0.15) is 11.1 Å². The van der Waals surface area contributed by atoms with E-state index in [-0.39, 0.29) is 5.91 Å². The molecule has 5 heteroatoms. The number of amides is 1. The van der Waals surface area contributed by atoms with Crippen LogP contribution in [0.5, 0.6) is 0 Å². The Morgan fingerprint density at radius 2 is 2.10 bits per heavy atom. The minimum Gasteiger partial charge on any atom is -0.399 e. The lowest BCUT2D eigenvalue weighted by molar-refractivity contribution is -0.111. The van der Waals surface area contributed by atoms with Crippen LogP contribution < -0.4 is 11.1 Å². The summed E-state index contributed by atoms with van der Waals surface area (Å²) >= 11 is 5.97. The maximum absolute atomic E-state index is 11.9. The first kappa shape index (κ1) is 14.6. The second kappa shape index (κ2) is 6.60. The number of anilines is 2. The number of carbonyl (C=O) groups excluding carboxylic acids is 1. The van der Waals surface area contributed by atoms with Crippen LogP contribution in [-0.2, 0) is 4.79 Å². The molecule has 0 aliphatic rings. The molecule has 104 valence electrons. The van der Waals surface area contributed by atoms with Gasteiger partial charge in [-0.25, -0.2) is 0 Å². The second-order valence-corrected chi connectivity index (χ2v) is 4.71. The van der Waals surface area contributed by atoms with Crippen LogP contribution in [0.25, 0.3) is 6.08 Å². The van der Waals surface area contributed by atoms with Crippen molar-refractivity contribution < 1.29 is 4.79 Å². The van der Waals surface area contributed by atoms with Gasteiger partial charge in [-0.15, -0.1) is 0 Å². The number of nitrogen functional groups attached to an aromatic ring is 1. The Morgan fingerprint density at radius 3 is 2.81 bits per heavy atom. The third kappa shape index (κ3) is 4.10. The summed E-state index contributed by atoms with van der Waals surface area (Å²) in [5.41, 5.74) is 7.93. The van der Waals surface area contributed by atoms with Crippen LogP contribution in [0.15, 0.2) is 48.5 Å². The van der Waals surface area contributed by atoms with Gasteiger partial charge in [0.15, 0.2) is 0 Å². The highest BCUT2D eigenvalue weighted by Crippen LogP contribution is 2.22. The van der Waals surface area contributed by atoms with Crippen LogP contribution in [-0.4, -0.2) is 5.91 Å². The van der Waals surface area contributed by atoms with Crippen molar-refractivity contribution in [2.75, 3.05) is 11.1 Å². The van der Waals surface area contributed by atoms with E-state index in [0.717, 1.165) is 5.56 Å². The average molecular weight is 298 g/mol. The van der Waals surface area contributed by atoms with E-state index in [1.165, 1.54) is 12.1 Å². The number of hydrogen-bond donors (Lipinski definition) is 2. The van der Waals surface area contributed by atoms with Crippen LogP contribution in [0.4, 0.5) is 11.4 Å². The van der Waals surface area contributed by atoms with Crippen molar-refractivity contribution in [3.05, 3.63) is 64.7 Å². The Bertz CT molecular complexity index is 747. The Kier molecular flexibility index (Phi) is 4.60. The van der Waals surface area contributed by atoms with E-state index < -0.39 is 0 Å². The SMILES string of the molecule is N#Cc1ccc(Cl)c(NC(=O)/C=C/c2cccc(N)c2)c1. The van der Waals surface area contributed by atoms with Crippen molar-refractivity contribution in [2.45, 2.75) is 0 Å². The molecule has 2 aromatic carbocycles. The molecule has 0 aliphatic carbocycles. The maximum atomic E-state index is 11.9. The number of rotatable bonds is 3. The first-order valence-electron chi connectivity index (χ1n) is 6.13. The summed E-state index contributed by atoms with van der Waals surface area (Å²) in [6.07, 6.45) is 3.03. The summed E-state index contributed by atoms with van der Waals surface area (Å²) in [4.78, 5) is 11.9. The van der Waals surface area contributed by atoms with Crippen molar-refractivity contribution in [3.63, 3.8) is 0 Å². The Morgan fingerprint density at radius 1 is 1.29 bits per heavy atom. The minimum absolute atomic E-state index is 0.339. The molecule has 0 saturated carbocycles. The molecule has 0 bridgehead atoms. The van der Waals surface area contributed by atoms with Gasteiger partial charge in [0.1, 0.15) is 0 Å². The maximum Gasteiger partial charge on any atom is 0.248 e. The number of benzene rings is 2. The van der Waals surface area contributed by atoms with Gasteiger partial charge in [0.05, 0.1) is 22.3 Å². The summed E-state index contributed by atoms with van der Waals surface area (Å²) in [5, 5.41) is 11.8. The monoisotopic (exact) mass is 297 g/mol. The topological polar surface area (TPSA) is 78.9 Å². The summed E-state index contributed by atoms with van der Waals surface area (Å²) < 4.78 is 0. The second-order valence-electron chi connectivity index (χ2n) is 4.30. The van der Waals surface area contributed by atoms with Gasteiger partial charge < -0.3 is 11.1 Å². The number of nitrogens with two attached hydrogens (primary N) is 1. The van der Waals surface area contributed by atoms with Crippen LogP contribution in [0.3, 0.4) is 0 Å². The number of nitrogens with one attached hydrogen (secondary N) is 1. The fourth-order valence-corrected chi connectivity index (χ4v) is 1.86. The molecule has 0 radical (unpaired) electrons. The first-order chi connectivity index (χ1) is 10.1. The molecule has 0 spiro atoms. The fourth-order valence-electron chi connectivity index (χ4n) is 1.70. The first-order valence-corrected chi connectivity index (χ1v) is 6.50. The molecule has 0 aromatic heterocycles. The standard InChI is InChI=1S/C16H12ClN3O/c17-14-6-4-12(10-18)9-15(14)20-16(21)7-5-11-2-1-3-13(19)8-11/h1-9H,19H2,(H,20,21)/b7-5+. The Balaban J connectivity index is 2.10. The van der Waals surface area contributed by atoms with Gasteiger partial charge in [0.2, 0.25) is 5.91 Å². The molecule has 0 heterocycles. The molecule has 0 saturated heterocycles. The third-order valence-corrected chi connectivity index (χ3v) is 3.02. The summed E-state index contributed by atoms with van der Waals surface area (Å²) in [7, 11) is 0. The highest BCUT2D eigenvalue weighted by Gasteiger charge is 2.04. The molecule has 1 amide bonds. The molecule has 2 aromatic rings. The van der Waals surface area contributed by atoms with Crippen molar-refractivity contribution >= 4 is 35.0 Å². The Labute approximate surface area is 127 Å². The van der Waals surface area contributed by atoms with Crippen molar-refractivity contribution in [3.8, 4) is 6.07 Å². The van der Waals surface area contributed by atoms with E-state index in [1.807, 2.05) is 12.1 Å². The van der Waals surface area contributed by atoms with Gasteiger partial charge in [-0.05, 0) is 42.0 Å². The molecule has 2 rings (SSSR count). The van der Waals surface area contributed by atoms with Crippen LogP contribution in [0, 0.1) is 11.3 Å². The molecular weight excluding hydrogens is 286 g/mol. The van der Waals surface area contributed by atoms with Gasteiger partial charge in [0, 0.05) is 11.8 Å². The van der Waals surface area contributed by atoms with E-state index in [0.29, 0.717) is 22.0 Å². The molecule has 4 nitrogen and oxygen atoms in total. The lowest BCUT2D eigenvalue weighted by Gasteiger charge is -2.05. The predicted octanol–water partition coefficient (Wildman–Crippen LogP) is 3.45. The largest absolute Gasteiger partial charge is 0.399 e. The molecule has 0 aliphatic heterocycles. The zero-order chi connectivity index (χ0) is 15.2. The molecule has 0 fully saturated rings. The summed E-state index contributed by atoms with van der Waals surface area (Å²) in [6.45, 7) is 0. The van der Waals surface area contributed by atoms with Crippen molar-refractivity contribution in [1.82, 2.24) is 0 Å². The van der Waals surface area contributed by atoms with Gasteiger partial charge in [-0.1, -0.05) is 23.7 Å². The number of halogens is 1. The van der Waals surface area contributed by atoms with Gasteiger partial charge in [-0.3, -0.25) is 4.79 Å². The third-order valence-electron chi connectivity index (χ3n) is 2.69. The molecule has 0 atom stereocenters. The summed E-state index contributed by atoms with van der Waals surface area (Å²) in [5.74, 6) is -0.339. The number of carbonyl (C=O) groups is 1.